The number of hydrogen-bond acceptors (Lipinski definition) is 9. The first-order chi connectivity index (χ1) is 7.35. The van der Waals surface area contributed by atoms with Gasteiger partial charge in [-0.15, -0.1) is 0 Å². The summed E-state index contributed by atoms with van der Waals surface area (Å²) in [6.07, 6.45) is 0. The molecule has 84 valence electrons. The minimum absolute atomic E-state index is 2.19. The van der Waals surface area contributed by atoms with Crippen LogP contribution < -0.4 is 0 Å². The molecule has 5 heterocycles. The molecule has 0 saturated carbocycles. The van der Waals surface area contributed by atoms with E-state index in [0.717, 1.165) is 0 Å². The summed E-state index contributed by atoms with van der Waals surface area (Å²) in [4.78, 5) is 0. The van der Waals surface area contributed by atoms with E-state index < -0.39 is 57.2 Å². The summed E-state index contributed by atoms with van der Waals surface area (Å²) in [5.74, 6) is 0. The molecule has 6 bridgehead atoms. The van der Waals surface area contributed by atoms with E-state index in [1.165, 1.54) is 0 Å². The molecule has 5 aliphatic rings. The van der Waals surface area contributed by atoms with Crippen molar-refractivity contribution in [2.45, 2.75) is 0 Å². The van der Waals surface area contributed by atoms with E-state index in [2.05, 4.69) is 0 Å². The van der Waals surface area contributed by atoms with Gasteiger partial charge in [0.25, 0.3) is 0 Å². The first kappa shape index (κ1) is 9.92. The van der Waals surface area contributed by atoms with E-state index in [4.69, 9.17) is 37.0 Å². The van der Waals surface area contributed by atoms with Crippen LogP contribution in [0.5, 0.6) is 0 Å². The van der Waals surface area contributed by atoms with Crippen LogP contribution in [0, 0.1) is 0 Å². The third kappa shape index (κ3) is 1.83. The van der Waals surface area contributed by atoms with Gasteiger partial charge in [0.1, 0.15) is 0 Å². The molecule has 0 amide bonds. The molecule has 0 spiro atoms. The maximum atomic E-state index is 5.54. The SMILES string of the molecule is O1[SiH]2O[SiH]3O[SiH]1O[SiH]1O[SiH](O[SiH](O1)O3)O2. The van der Waals surface area contributed by atoms with Crippen molar-refractivity contribution in [2.75, 3.05) is 0 Å². The van der Waals surface area contributed by atoms with Crippen LogP contribution in [0.1, 0.15) is 0 Å². The van der Waals surface area contributed by atoms with Gasteiger partial charge < -0.3 is 37.0 Å². The van der Waals surface area contributed by atoms with Gasteiger partial charge in [-0.1, -0.05) is 0 Å². The van der Waals surface area contributed by atoms with Gasteiger partial charge in [0.15, 0.2) is 0 Å². The van der Waals surface area contributed by atoms with Crippen molar-refractivity contribution in [1.29, 1.82) is 0 Å². The Bertz CT molecular complexity index is 193. The normalized spacial score (nSPS) is 57.6. The molecule has 5 saturated heterocycles. The molecule has 5 fully saturated rings. The van der Waals surface area contributed by atoms with Gasteiger partial charge in [-0.05, 0) is 0 Å². The molecule has 15 heavy (non-hydrogen) atoms. The summed E-state index contributed by atoms with van der Waals surface area (Å²) >= 11 is 0. The van der Waals surface area contributed by atoms with Crippen LogP contribution in [0.2, 0.25) is 0 Å². The van der Waals surface area contributed by atoms with Crippen LogP contribution in [0.25, 0.3) is 0 Å². The zero-order valence-electron chi connectivity index (χ0n) is 7.14. The molecule has 0 aromatic heterocycles. The molecular formula is H6O9Si6. The average Bonchev–Trinajstić information content (AvgIpc) is 2.13. The highest BCUT2D eigenvalue weighted by Gasteiger charge is 2.54. The molecular weight excluding hydrogens is 313 g/mol. The monoisotopic (exact) mass is 318 g/mol. The molecule has 15 heteroatoms. The molecule has 9 nitrogen and oxygen atoms in total. The first-order valence-corrected chi connectivity index (χ1v) is 12.7. The third-order valence-corrected chi connectivity index (χ3v) is 18.0. The lowest BCUT2D eigenvalue weighted by molar-refractivity contribution is 0.0397. The van der Waals surface area contributed by atoms with Crippen LogP contribution in [0.15, 0.2) is 0 Å². The predicted molar refractivity (Wildman–Crippen MR) is 52.7 cm³/mol. The van der Waals surface area contributed by atoms with Gasteiger partial charge in [0.05, 0.1) is 0 Å². The van der Waals surface area contributed by atoms with Crippen LogP contribution in [-0.2, 0) is 37.0 Å². The van der Waals surface area contributed by atoms with Crippen LogP contribution in [0.4, 0.5) is 0 Å². The third-order valence-electron chi connectivity index (χ3n) is 2.00. The van der Waals surface area contributed by atoms with Crippen molar-refractivity contribution < 1.29 is 37.0 Å². The fraction of sp³-hybridized carbons (Fsp3) is 0. The Morgan fingerprint density at radius 2 is 0.400 bits per heavy atom. The van der Waals surface area contributed by atoms with Gasteiger partial charge in [-0.25, -0.2) is 0 Å². The Kier molecular flexibility index (Phi) is 2.46. The zero-order chi connectivity index (χ0) is 9.83. The van der Waals surface area contributed by atoms with Crippen LogP contribution in [-0.4, -0.2) is 57.2 Å². The highest BCUT2D eigenvalue weighted by atomic mass is 28.6. The molecule has 0 aromatic rings. The minimum atomic E-state index is -2.19. The number of hydrogen-bond donors (Lipinski definition) is 0. The Labute approximate surface area is 94.5 Å². The standard InChI is InChI=1S/H6O9Si6/c1-10-4-12-2-13-5-11(1)7-15(9-13)3-14(6-10)8-12/h10-15H. The summed E-state index contributed by atoms with van der Waals surface area (Å²) in [7, 11) is -13.1. The van der Waals surface area contributed by atoms with Crippen molar-refractivity contribution in [3.8, 4) is 0 Å². The summed E-state index contributed by atoms with van der Waals surface area (Å²) in [5.41, 5.74) is 0. The quantitative estimate of drug-likeness (QED) is 0.410. The second-order valence-electron chi connectivity index (χ2n) is 2.96. The fourth-order valence-corrected chi connectivity index (χ4v) is 22.9. The summed E-state index contributed by atoms with van der Waals surface area (Å²) in [6, 6.07) is 0. The van der Waals surface area contributed by atoms with Gasteiger partial charge in [-0.2, -0.15) is 0 Å². The molecule has 0 atom stereocenters. The van der Waals surface area contributed by atoms with E-state index in [1.807, 2.05) is 0 Å². The maximum Gasteiger partial charge on any atom is 0.461 e. The second kappa shape index (κ2) is 3.72. The summed E-state index contributed by atoms with van der Waals surface area (Å²) < 4.78 is 49.3. The van der Waals surface area contributed by atoms with E-state index in [-0.39, 0.29) is 0 Å². The maximum absolute atomic E-state index is 5.54. The van der Waals surface area contributed by atoms with Crippen LogP contribution >= 0.6 is 0 Å². The van der Waals surface area contributed by atoms with Crippen molar-refractivity contribution in [1.82, 2.24) is 0 Å². The van der Waals surface area contributed by atoms with Gasteiger partial charge >= 0.3 is 57.2 Å². The fourth-order valence-electron chi connectivity index (χ4n) is 1.39. The zero-order valence-corrected chi connectivity index (χ0v) is 14.1. The van der Waals surface area contributed by atoms with E-state index in [1.54, 1.807) is 0 Å². The minimum Gasteiger partial charge on any atom is -0.378 e. The highest BCUT2D eigenvalue weighted by Crippen LogP contribution is 2.24. The van der Waals surface area contributed by atoms with Gasteiger partial charge in [0.2, 0.25) is 0 Å². The Morgan fingerprint density at radius 1 is 0.267 bits per heavy atom. The Balaban J connectivity index is 1.70. The smallest absolute Gasteiger partial charge is 0.378 e. The molecule has 0 N–H and O–H groups in total. The summed E-state index contributed by atoms with van der Waals surface area (Å²) in [6.45, 7) is 0. The summed E-state index contributed by atoms with van der Waals surface area (Å²) in [5, 5.41) is 0. The Morgan fingerprint density at radius 3 is 0.533 bits per heavy atom. The molecule has 5 rings (SSSR count). The lowest BCUT2D eigenvalue weighted by Crippen LogP contribution is -2.68. The average molecular weight is 319 g/mol. The predicted octanol–water partition coefficient (Wildman–Crippen LogP) is -4.51. The van der Waals surface area contributed by atoms with E-state index in [9.17, 15) is 0 Å². The molecule has 0 aliphatic carbocycles. The van der Waals surface area contributed by atoms with E-state index in [0.29, 0.717) is 0 Å². The molecule has 0 aromatic carbocycles. The second-order valence-corrected chi connectivity index (χ2v) is 16.2. The first-order valence-electron chi connectivity index (χ1n) is 4.24. The molecule has 0 unspecified atom stereocenters. The lowest BCUT2D eigenvalue weighted by Gasteiger charge is -2.44. The van der Waals surface area contributed by atoms with Crippen LogP contribution in [0.3, 0.4) is 0 Å². The van der Waals surface area contributed by atoms with Gasteiger partial charge in [-0.3, -0.25) is 0 Å². The van der Waals surface area contributed by atoms with Crippen molar-refractivity contribution in [2.24, 2.45) is 0 Å². The number of rotatable bonds is 0. The topological polar surface area (TPSA) is 83.1 Å². The van der Waals surface area contributed by atoms with Gasteiger partial charge in [0, 0.05) is 0 Å². The van der Waals surface area contributed by atoms with Crippen molar-refractivity contribution in [3.05, 3.63) is 0 Å². The van der Waals surface area contributed by atoms with E-state index >= 15 is 0 Å². The highest BCUT2D eigenvalue weighted by molar-refractivity contribution is 6.81. The van der Waals surface area contributed by atoms with Crippen molar-refractivity contribution in [3.63, 3.8) is 0 Å². The largest absolute Gasteiger partial charge is 0.461 e. The van der Waals surface area contributed by atoms with Crippen molar-refractivity contribution >= 4 is 57.2 Å². The molecule has 5 aliphatic heterocycles. The lowest BCUT2D eigenvalue weighted by atomic mass is 15.5. The Hall–Kier alpha value is 0.941. The molecule has 0 radical (unpaired) electrons.